The predicted octanol–water partition coefficient (Wildman–Crippen LogP) is 5.18. The number of carbonyl (C=O) groups is 1. The van der Waals surface area contributed by atoms with E-state index in [0.29, 0.717) is 23.0 Å². The molecular formula is C28H37N3O3S. The van der Waals surface area contributed by atoms with Crippen LogP contribution in [-0.2, 0) is 22.9 Å². The summed E-state index contributed by atoms with van der Waals surface area (Å²) in [6.07, 6.45) is 2.51. The van der Waals surface area contributed by atoms with Crippen LogP contribution in [0.25, 0.3) is 10.9 Å². The Morgan fingerprint density at radius 3 is 2.37 bits per heavy atom. The first kappa shape index (κ1) is 25.5. The number of sulfone groups is 1. The van der Waals surface area contributed by atoms with Crippen LogP contribution in [0.2, 0.25) is 0 Å². The smallest absolute Gasteiger partial charge is 0.251 e. The number of amides is 1. The van der Waals surface area contributed by atoms with Gasteiger partial charge in [-0.25, -0.2) is 8.42 Å². The minimum Gasteiger partial charge on any atom is -0.348 e. The Hall–Kier alpha value is -2.64. The highest BCUT2D eigenvalue weighted by atomic mass is 32.2. The first-order chi connectivity index (χ1) is 16.7. The number of hydrogen-bond donors (Lipinski definition) is 1. The summed E-state index contributed by atoms with van der Waals surface area (Å²) < 4.78 is 26.4. The third-order valence-corrected chi connectivity index (χ3v) is 8.83. The zero-order valence-corrected chi connectivity index (χ0v) is 22.1. The van der Waals surface area contributed by atoms with Crippen molar-refractivity contribution in [2.75, 3.05) is 18.8 Å². The van der Waals surface area contributed by atoms with E-state index in [1.54, 1.807) is 31.2 Å². The zero-order valence-electron chi connectivity index (χ0n) is 21.3. The van der Waals surface area contributed by atoms with Crippen molar-refractivity contribution in [3.63, 3.8) is 0 Å². The Morgan fingerprint density at radius 1 is 1.06 bits per heavy atom. The van der Waals surface area contributed by atoms with Crippen molar-refractivity contribution >= 4 is 26.6 Å². The fourth-order valence-electron chi connectivity index (χ4n) is 4.88. The molecule has 1 N–H and O–H groups in total. The van der Waals surface area contributed by atoms with Crippen LogP contribution in [0.3, 0.4) is 0 Å². The summed E-state index contributed by atoms with van der Waals surface area (Å²) in [6.45, 7) is 11.9. The van der Waals surface area contributed by atoms with Gasteiger partial charge in [0.2, 0.25) is 0 Å². The predicted molar refractivity (Wildman–Crippen MR) is 141 cm³/mol. The van der Waals surface area contributed by atoms with Gasteiger partial charge in [-0.1, -0.05) is 26.0 Å². The van der Waals surface area contributed by atoms with Crippen LogP contribution in [-0.4, -0.2) is 42.6 Å². The molecular weight excluding hydrogens is 458 g/mol. The van der Waals surface area contributed by atoms with Crippen molar-refractivity contribution in [2.24, 2.45) is 5.92 Å². The lowest BCUT2D eigenvalue weighted by Gasteiger charge is -2.30. The van der Waals surface area contributed by atoms with E-state index in [1.165, 1.54) is 18.5 Å². The van der Waals surface area contributed by atoms with E-state index in [0.717, 1.165) is 42.0 Å². The lowest BCUT2D eigenvalue weighted by atomic mass is 9.99. The lowest BCUT2D eigenvalue weighted by Crippen LogP contribution is -2.33. The Kier molecular flexibility index (Phi) is 7.67. The minimum absolute atomic E-state index is 0.0725. The van der Waals surface area contributed by atoms with Crippen molar-refractivity contribution in [1.29, 1.82) is 0 Å². The molecule has 1 aliphatic rings. The van der Waals surface area contributed by atoms with E-state index in [1.807, 2.05) is 12.1 Å². The van der Waals surface area contributed by atoms with Gasteiger partial charge in [-0.15, -0.1) is 0 Å². The molecule has 6 nitrogen and oxygen atoms in total. The van der Waals surface area contributed by atoms with Crippen LogP contribution in [0.15, 0.2) is 53.4 Å². The summed E-state index contributed by atoms with van der Waals surface area (Å²) in [5.41, 5.74) is 3.94. The number of hydrogen-bond acceptors (Lipinski definition) is 4. The maximum atomic E-state index is 12.9. The number of rotatable bonds is 8. The van der Waals surface area contributed by atoms with Crippen LogP contribution in [0.5, 0.6) is 0 Å². The van der Waals surface area contributed by atoms with Crippen LogP contribution in [0, 0.1) is 5.92 Å². The molecule has 2 heterocycles. The zero-order chi connectivity index (χ0) is 25.2. The van der Waals surface area contributed by atoms with E-state index in [-0.39, 0.29) is 11.7 Å². The monoisotopic (exact) mass is 495 g/mol. The summed E-state index contributed by atoms with van der Waals surface area (Å²) in [7, 11) is -3.22. The Balaban J connectivity index is 1.48. The van der Waals surface area contributed by atoms with Crippen LogP contribution in [0.1, 0.15) is 68.2 Å². The SMILES string of the molecule is CCS(=O)(=O)c1ccc(CNC(=O)c2ccc3c(c2)cc(CN2CCC(C)CC2)n3C(C)C)cc1. The number of benzene rings is 2. The van der Waals surface area contributed by atoms with Crippen LogP contribution in [0.4, 0.5) is 0 Å². The van der Waals surface area contributed by atoms with Gasteiger partial charge in [-0.05, 0) is 87.7 Å². The number of likely N-dealkylation sites (tertiary alicyclic amines) is 1. The van der Waals surface area contributed by atoms with Gasteiger partial charge in [0.05, 0.1) is 10.6 Å². The van der Waals surface area contributed by atoms with Gasteiger partial charge < -0.3 is 9.88 Å². The molecule has 0 bridgehead atoms. The molecule has 0 atom stereocenters. The van der Waals surface area contributed by atoms with Gasteiger partial charge in [0, 0.05) is 41.3 Å². The average molecular weight is 496 g/mol. The second kappa shape index (κ2) is 10.5. The number of nitrogens with zero attached hydrogens (tertiary/aromatic N) is 2. The van der Waals surface area contributed by atoms with Crippen molar-refractivity contribution < 1.29 is 13.2 Å². The molecule has 7 heteroatoms. The molecule has 1 aliphatic heterocycles. The molecule has 0 aliphatic carbocycles. The first-order valence-corrected chi connectivity index (χ1v) is 14.3. The topological polar surface area (TPSA) is 71.4 Å². The Labute approximate surface area is 209 Å². The van der Waals surface area contributed by atoms with Crippen molar-refractivity contribution in [2.45, 2.75) is 64.6 Å². The maximum Gasteiger partial charge on any atom is 0.251 e. The number of aromatic nitrogens is 1. The van der Waals surface area contributed by atoms with Gasteiger partial charge in [0.15, 0.2) is 9.84 Å². The Morgan fingerprint density at radius 2 is 1.74 bits per heavy atom. The number of piperidine rings is 1. The van der Waals surface area contributed by atoms with Crippen molar-refractivity contribution in [1.82, 2.24) is 14.8 Å². The highest BCUT2D eigenvalue weighted by molar-refractivity contribution is 7.91. The maximum absolute atomic E-state index is 12.9. The first-order valence-electron chi connectivity index (χ1n) is 12.6. The fourth-order valence-corrected chi connectivity index (χ4v) is 5.77. The van der Waals surface area contributed by atoms with Gasteiger partial charge in [0.25, 0.3) is 5.91 Å². The summed E-state index contributed by atoms with van der Waals surface area (Å²) in [5, 5.41) is 4.05. The standard InChI is InChI=1S/C28H37N3O3S/c1-5-35(33,34)26-9-6-22(7-10-26)18-29-28(32)23-8-11-27-24(16-23)17-25(31(27)20(2)3)19-30-14-12-21(4)13-15-30/h6-11,16-17,20-21H,5,12-15,18-19H2,1-4H3,(H,29,32). The summed E-state index contributed by atoms with van der Waals surface area (Å²) >= 11 is 0. The number of nitrogens with one attached hydrogen (secondary N) is 1. The Bertz CT molecular complexity index is 1280. The number of carbonyl (C=O) groups excluding carboxylic acids is 1. The second-order valence-electron chi connectivity index (χ2n) is 10.1. The van der Waals surface area contributed by atoms with Crippen molar-refractivity contribution in [3.05, 3.63) is 65.4 Å². The molecule has 35 heavy (non-hydrogen) atoms. The third kappa shape index (κ3) is 5.78. The summed E-state index contributed by atoms with van der Waals surface area (Å²) in [4.78, 5) is 15.7. The highest BCUT2D eigenvalue weighted by Gasteiger charge is 2.20. The minimum atomic E-state index is -3.22. The quantitative estimate of drug-likeness (QED) is 0.468. The molecule has 3 aromatic rings. The second-order valence-corrected chi connectivity index (χ2v) is 12.3. The fraction of sp³-hybridized carbons (Fsp3) is 0.464. The van der Waals surface area contributed by atoms with Crippen molar-refractivity contribution in [3.8, 4) is 0 Å². The molecule has 0 saturated carbocycles. The largest absolute Gasteiger partial charge is 0.348 e. The van der Waals surface area contributed by atoms with E-state index in [9.17, 15) is 13.2 Å². The molecule has 0 spiro atoms. The van der Waals surface area contributed by atoms with E-state index < -0.39 is 9.84 Å². The van der Waals surface area contributed by atoms with Crippen LogP contribution >= 0.6 is 0 Å². The molecule has 1 aromatic heterocycles. The third-order valence-electron chi connectivity index (χ3n) is 7.07. The lowest BCUT2D eigenvalue weighted by molar-refractivity contribution is 0.0951. The van der Waals surface area contributed by atoms with Gasteiger partial charge in [-0.2, -0.15) is 0 Å². The van der Waals surface area contributed by atoms with E-state index >= 15 is 0 Å². The molecule has 1 fully saturated rings. The summed E-state index contributed by atoms with van der Waals surface area (Å²) in [6, 6.07) is 15.2. The molecule has 188 valence electrons. The average Bonchev–Trinajstić information content (AvgIpc) is 3.21. The summed E-state index contributed by atoms with van der Waals surface area (Å²) in [5.74, 6) is 0.745. The van der Waals surface area contributed by atoms with Gasteiger partial charge >= 0.3 is 0 Å². The molecule has 0 unspecified atom stereocenters. The highest BCUT2D eigenvalue weighted by Crippen LogP contribution is 2.28. The molecule has 2 aromatic carbocycles. The number of fused-ring (bicyclic) bond motifs is 1. The van der Waals surface area contributed by atoms with E-state index in [2.05, 4.69) is 47.7 Å². The van der Waals surface area contributed by atoms with Gasteiger partial charge in [0.1, 0.15) is 0 Å². The molecule has 0 radical (unpaired) electrons. The molecule has 1 saturated heterocycles. The van der Waals surface area contributed by atoms with Gasteiger partial charge in [-0.3, -0.25) is 9.69 Å². The van der Waals surface area contributed by atoms with Crippen LogP contribution < -0.4 is 5.32 Å². The molecule has 1 amide bonds. The normalized spacial score (nSPS) is 15.7. The molecule has 4 rings (SSSR count). The van der Waals surface area contributed by atoms with E-state index in [4.69, 9.17) is 0 Å².